The van der Waals surface area contributed by atoms with E-state index in [-0.39, 0.29) is 23.3 Å². The number of methoxy groups -OCH3 is 1. The van der Waals surface area contributed by atoms with Crippen molar-refractivity contribution >= 4 is 22.4 Å². The molecule has 0 spiro atoms. The summed E-state index contributed by atoms with van der Waals surface area (Å²) in [5.74, 6) is 0.724. The predicted octanol–water partition coefficient (Wildman–Crippen LogP) is 2.90. The van der Waals surface area contributed by atoms with Crippen LogP contribution < -0.4 is 14.8 Å². The van der Waals surface area contributed by atoms with Crippen molar-refractivity contribution in [2.75, 3.05) is 20.2 Å². The fourth-order valence-corrected chi connectivity index (χ4v) is 4.66. The Balaban J connectivity index is 0.00000243. The average molecular weight is 397 g/mol. The number of hydrogen-bond donors (Lipinski definition) is 2. The van der Waals surface area contributed by atoms with Crippen LogP contribution in [0, 0.1) is 13.8 Å². The first-order valence-corrected chi connectivity index (χ1v) is 9.87. The smallest absolute Gasteiger partial charge is 0.240 e. The maximum Gasteiger partial charge on any atom is 0.240 e. The summed E-state index contributed by atoms with van der Waals surface area (Å²) in [4.78, 5) is 0.271. The largest absolute Gasteiger partial charge is 0.496 e. The standard InChI is InChI=1S/C19H24N2O3S.ClH/c1-13-10-16(11-14(2)19(13)24-3)25(22,23)21-12-18-17-7-5-4-6-15(17)8-9-20-18;/h4-7,10-11,18,20-21H,8-9,12H2,1-3H3;1H. The van der Waals surface area contributed by atoms with Crippen molar-refractivity contribution in [3.8, 4) is 5.75 Å². The minimum absolute atomic E-state index is 0. The Hall–Kier alpha value is -1.60. The molecule has 0 saturated heterocycles. The highest BCUT2D eigenvalue weighted by atomic mass is 35.5. The van der Waals surface area contributed by atoms with Gasteiger partial charge in [-0.1, -0.05) is 24.3 Å². The van der Waals surface area contributed by atoms with Gasteiger partial charge in [-0.05, 0) is 61.2 Å². The van der Waals surface area contributed by atoms with E-state index in [4.69, 9.17) is 4.74 Å². The van der Waals surface area contributed by atoms with Crippen molar-refractivity contribution in [3.63, 3.8) is 0 Å². The van der Waals surface area contributed by atoms with E-state index in [0.717, 1.165) is 29.8 Å². The number of rotatable bonds is 5. The molecule has 5 nitrogen and oxygen atoms in total. The van der Waals surface area contributed by atoms with Crippen LogP contribution in [0.4, 0.5) is 0 Å². The van der Waals surface area contributed by atoms with E-state index < -0.39 is 10.0 Å². The number of hydrogen-bond acceptors (Lipinski definition) is 4. The molecule has 26 heavy (non-hydrogen) atoms. The third-order valence-corrected chi connectivity index (χ3v) is 6.04. The first-order chi connectivity index (χ1) is 11.9. The minimum atomic E-state index is -3.58. The number of fused-ring (bicyclic) bond motifs is 1. The maximum absolute atomic E-state index is 12.7. The molecule has 2 N–H and O–H groups in total. The Morgan fingerprint density at radius 1 is 1.19 bits per heavy atom. The molecule has 0 bridgehead atoms. The van der Waals surface area contributed by atoms with Crippen LogP contribution in [0.3, 0.4) is 0 Å². The van der Waals surface area contributed by atoms with Gasteiger partial charge in [-0.2, -0.15) is 0 Å². The number of sulfonamides is 1. The highest BCUT2D eigenvalue weighted by Gasteiger charge is 2.23. The average Bonchev–Trinajstić information content (AvgIpc) is 2.59. The minimum Gasteiger partial charge on any atom is -0.496 e. The number of benzene rings is 2. The topological polar surface area (TPSA) is 67.4 Å². The molecule has 142 valence electrons. The van der Waals surface area contributed by atoms with E-state index in [9.17, 15) is 8.42 Å². The van der Waals surface area contributed by atoms with E-state index in [0.29, 0.717) is 6.54 Å². The molecule has 3 rings (SSSR count). The van der Waals surface area contributed by atoms with Gasteiger partial charge in [-0.25, -0.2) is 13.1 Å². The molecule has 1 aliphatic heterocycles. The van der Waals surface area contributed by atoms with E-state index >= 15 is 0 Å². The molecule has 1 aliphatic rings. The summed E-state index contributed by atoms with van der Waals surface area (Å²) in [6, 6.07) is 11.5. The van der Waals surface area contributed by atoms with E-state index in [1.807, 2.05) is 26.0 Å². The van der Waals surface area contributed by atoms with Crippen LogP contribution in [0.25, 0.3) is 0 Å². The second kappa shape index (κ2) is 8.39. The first-order valence-electron chi connectivity index (χ1n) is 8.38. The SMILES string of the molecule is COc1c(C)cc(S(=O)(=O)NCC2NCCc3ccccc32)cc1C.Cl. The van der Waals surface area contributed by atoms with Gasteiger partial charge in [0.1, 0.15) is 5.75 Å². The molecular weight excluding hydrogens is 372 g/mol. The summed E-state index contributed by atoms with van der Waals surface area (Å²) in [6.07, 6.45) is 0.969. The Labute approximate surface area is 161 Å². The summed E-state index contributed by atoms with van der Waals surface area (Å²) in [5, 5.41) is 3.39. The van der Waals surface area contributed by atoms with Crippen LogP contribution in [0.5, 0.6) is 5.75 Å². The monoisotopic (exact) mass is 396 g/mol. The molecule has 0 saturated carbocycles. The van der Waals surface area contributed by atoms with Crippen molar-refractivity contribution in [2.45, 2.75) is 31.2 Å². The third-order valence-electron chi connectivity index (χ3n) is 4.64. The number of halogens is 1. The lowest BCUT2D eigenvalue weighted by molar-refractivity contribution is 0.408. The molecule has 1 heterocycles. The molecule has 0 amide bonds. The molecule has 0 aliphatic carbocycles. The van der Waals surface area contributed by atoms with Crippen molar-refractivity contribution in [2.24, 2.45) is 0 Å². The Morgan fingerprint density at radius 3 is 2.50 bits per heavy atom. The molecule has 1 unspecified atom stereocenters. The summed E-state index contributed by atoms with van der Waals surface area (Å²) >= 11 is 0. The highest BCUT2D eigenvalue weighted by Crippen LogP contribution is 2.27. The maximum atomic E-state index is 12.7. The lowest BCUT2D eigenvalue weighted by Gasteiger charge is -2.27. The van der Waals surface area contributed by atoms with Crippen LogP contribution in [0.2, 0.25) is 0 Å². The van der Waals surface area contributed by atoms with Crippen molar-refractivity contribution < 1.29 is 13.2 Å². The molecule has 0 radical (unpaired) electrons. The van der Waals surface area contributed by atoms with E-state index in [2.05, 4.69) is 22.2 Å². The van der Waals surface area contributed by atoms with Crippen LogP contribution in [0.1, 0.15) is 28.3 Å². The lowest BCUT2D eigenvalue weighted by atomic mass is 9.95. The zero-order valence-electron chi connectivity index (χ0n) is 15.2. The van der Waals surface area contributed by atoms with Gasteiger partial charge in [-0.15, -0.1) is 12.4 Å². The van der Waals surface area contributed by atoms with E-state index in [1.54, 1.807) is 19.2 Å². The van der Waals surface area contributed by atoms with Gasteiger partial charge in [0.25, 0.3) is 0 Å². The number of aryl methyl sites for hydroxylation is 2. The summed E-state index contributed by atoms with van der Waals surface area (Å²) in [7, 11) is -1.99. The van der Waals surface area contributed by atoms with Crippen molar-refractivity contribution in [3.05, 3.63) is 58.7 Å². The number of nitrogens with one attached hydrogen (secondary N) is 2. The molecule has 7 heteroatoms. The van der Waals surface area contributed by atoms with Crippen LogP contribution >= 0.6 is 12.4 Å². The molecular formula is C19H25ClN2O3S. The van der Waals surface area contributed by atoms with Gasteiger partial charge in [-0.3, -0.25) is 0 Å². The summed E-state index contributed by atoms with van der Waals surface area (Å²) in [5.41, 5.74) is 4.06. The van der Waals surface area contributed by atoms with Gasteiger partial charge in [0.15, 0.2) is 0 Å². The van der Waals surface area contributed by atoms with Crippen LogP contribution in [-0.4, -0.2) is 28.6 Å². The Morgan fingerprint density at radius 2 is 1.85 bits per heavy atom. The number of ether oxygens (including phenoxy) is 1. The van der Waals surface area contributed by atoms with Gasteiger partial charge >= 0.3 is 0 Å². The fourth-order valence-electron chi connectivity index (χ4n) is 3.44. The second-order valence-corrected chi connectivity index (χ2v) is 8.16. The normalized spacial score (nSPS) is 16.5. The van der Waals surface area contributed by atoms with Gasteiger partial charge in [0, 0.05) is 12.6 Å². The molecule has 2 aromatic rings. The second-order valence-electron chi connectivity index (χ2n) is 6.40. The third kappa shape index (κ3) is 4.20. The Kier molecular flexibility index (Phi) is 6.69. The summed E-state index contributed by atoms with van der Waals surface area (Å²) in [6.45, 7) is 4.88. The first kappa shape index (κ1) is 20.7. The van der Waals surface area contributed by atoms with Crippen LogP contribution in [-0.2, 0) is 16.4 Å². The molecule has 0 fully saturated rings. The zero-order valence-corrected chi connectivity index (χ0v) is 16.8. The zero-order chi connectivity index (χ0) is 18.0. The van der Waals surface area contributed by atoms with Crippen molar-refractivity contribution in [1.29, 1.82) is 0 Å². The fraction of sp³-hybridized carbons (Fsp3) is 0.368. The van der Waals surface area contributed by atoms with Crippen molar-refractivity contribution in [1.82, 2.24) is 10.0 Å². The molecule has 1 atom stereocenters. The van der Waals surface area contributed by atoms with Gasteiger partial charge in [0.2, 0.25) is 10.0 Å². The Bertz CT molecular complexity index is 861. The predicted molar refractivity (Wildman–Crippen MR) is 106 cm³/mol. The molecule has 0 aromatic heterocycles. The van der Waals surface area contributed by atoms with Crippen LogP contribution in [0.15, 0.2) is 41.3 Å². The quantitative estimate of drug-likeness (QED) is 0.815. The van der Waals surface area contributed by atoms with E-state index in [1.165, 1.54) is 11.1 Å². The van der Waals surface area contributed by atoms with Gasteiger partial charge in [0.05, 0.1) is 12.0 Å². The van der Waals surface area contributed by atoms with Gasteiger partial charge < -0.3 is 10.1 Å². The lowest BCUT2D eigenvalue weighted by Crippen LogP contribution is -2.38. The molecule has 2 aromatic carbocycles. The summed E-state index contributed by atoms with van der Waals surface area (Å²) < 4.78 is 33.5. The highest BCUT2D eigenvalue weighted by molar-refractivity contribution is 7.89.